The van der Waals surface area contributed by atoms with Gasteiger partial charge in [-0.25, -0.2) is 0 Å². The molecule has 0 saturated heterocycles. The van der Waals surface area contributed by atoms with Gasteiger partial charge in [-0.1, -0.05) is 26.0 Å². The molecule has 0 fully saturated rings. The largest absolute Gasteiger partial charge is 0.381 e. The zero-order valence-corrected chi connectivity index (χ0v) is 13.2. The Labute approximate surface area is 123 Å². The van der Waals surface area contributed by atoms with Crippen molar-refractivity contribution in [3.63, 3.8) is 0 Å². The molecule has 1 aliphatic rings. The Bertz CT molecular complexity index is 268. The topological polar surface area (TPSA) is 70.5 Å². The number of rotatable bonds is 10. The maximum absolute atomic E-state index is 5.72. The first-order valence-corrected chi connectivity index (χ1v) is 7.80. The molecule has 4 nitrogen and oxygen atoms in total. The van der Waals surface area contributed by atoms with Gasteiger partial charge in [-0.3, -0.25) is 0 Å². The van der Waals surface area contributed by atoms with Gasteiger partial charge < -0.3 is 20.9 Å². The van der Waals surface area contributed by atoms with Crippen molar-refractivity contribution in [2.75, 3.05) is 39.5 Å². The standard InChI is InChI=1S/C16H32N2O2/c1-15(13-19-11-3-9-17)5-7-16(2,8-6-15)14-20-12-4-10-18/h5,7H,3-4,6,8-14,17-18H2,1-2H3. The molecule has 4 heteroatoms. The highest BCUT2D eigenvalue weighted by Crippen LogP contribution is 2.40. The van der Waals surface area contributed by atoms with Crippen LogP contribution in [0.15, 0.2) is 12.2 Å². The van der Waals surface area contributed by atoms with Crippen LogP contribution in [-0.4, -0.2) is 39.5 Å². The molecular formula is C16H32N2O2. The summed E-state index contributed by atoms with van der Waals surface area (Å²) in [4.78, 5) is 0. The smallest absolute Gasteiger partial charge is 0.0554 e. The van der Waals surface area contributed by atoms with E-state index in [1.54, 1.807) is 0 Å². The first-order chi connectivity index (χ1) is 9.54. The molecule has 0 aromatic carbocycles. The molecule has 1 rings (SSSR count). The van der Waals surface area contributed by atoms with Crippen molar-refractivity contribution in [2.45, 2.75) is 39.5 Å². The third-order valence-corrected chi connectivity index (χ3v) is 4.00. The van der Waals surface area contributed by atoms with Crippen molar-refractivity contribution in [1.29, 1.82) is 0 Å². The Balaban J connectivity index is 2.33. The minimum absolute atomic E-state index is 0.158. The lowest BCUT2D eigenvalue weighted by Crippen LogP contribution is -2.32. The molecule has 0 radical (unpaired) electrons. The summed E-state index contributed by atoms with van der Waals surface area (Å²) in [7, 11) is 0. The lowest BCUT2D eigenvalue weighted by Gasteiger charge is -2.37. The summed E-state index contributed by atoms with van der Waals surface area (Å²) in [6.07, 6.45) is 8.78. The Morgan fingerprint density at radius 2 is 1.25 bits per heavy atom. The van der Waals surface area contributed by atoms with E-state index in [9.17, 15) is 0 Å². The molecule has 1 aliphatic carbocycles. The van der Waals surface area contributed by atoms with Gasteiger partial charge in [0, 0.05) is 24.0 Å². The van der Waals surface area contributed by atoms with Crippen LogP contribution < -0.4 is 11.5 Å². The van der Waals surface area contributed by atoms with Crippen molar-refractivity contribution in [1.82, 2.24) is 0 Å². The fourth-order valence-corrected chi connectivity index (χ4v) is 2.36. The highest BCUT2D eigenvalue weighted by molar-refractivity contribution is 5.10. The molecular weight excluding hydrogens is 252 g/mol. The van der Waals surface area contributed by atoms with Gasteiger partial charge in [0.25, 0.3) is 0 Å². The van der Waals surface area contributed by atoms with E-state index in [1.165, 1.54) is 0 Å². The summed E-state index contributed by atoms with van der Waals surface area (Å²) in [6.45, 7) is 9.02. The average Bonchev–Trinajstić information content (AvgIpc) is 2.44. The number of hydrogen-bond acceptors (Lipinski definition) is 4. The van der Waals surface area contributed by atoms with E-state index in [0.29, 0.717) is 13.1 Å². The Morgan fingerprint density at radius 3 is 1.55 bits per heavy atom. The second-order valence-electron chi connectivity index (χ2n) is 6.53. The van der Waals surface area contributed by atoms with Crippen LogP contribution in [0.25, 0.3) is 0 Å². The second kappa shape index (κ2) is 8.78. The van der Waals surface area contributed by atoms with Gasteiger partial charge in [0.05, 0.1) is 13.2 Å². The van der Waals surface area contributed by atoms with Crippen molar-refractivity contribution >= 4 is 0 Å². The lowest BCUT2D eigenvalue weighted by molar-refractivity contribution is 0.0361. The van der Waals surface area contributed by atoms with Crippen LogP contribution in [0, 0.1) is 10.8 Å². The number of ether oxygens (including phenoxy) is 2. The Hall–Kier alpha value is -0.420. The van der Waals surface area contributed by atoms with Crippen molar-refractivity contribution in [3.8, 4) is 0 Å². The highest BCUT2D eigenvalue weighted by atomic mass is 16.5. The zero-order valence-electron chi connectivity index (χ0n) is 13.2. The van der Waals surface area contributed by atoms with E-state index < -0.39 is 0 Å². The fourth-order valence-electron chi connectivity index (χ4n) is 2.36. The van der Waals surface area contributed by atoms with Crippen LogP contribution in [0.3, 0.4) is 0 Å². The van der Waals surface area contributed by atoms with E-state index in [1.807, 2.05) is 0 Å². The molecule has 20 heavy (non-hydrogen) atoms. The summed E-state index contributed by atoms with van der Waals surface area (Å²) in [5, 5.41) is 0. The molecule has 2 atom stereocenters. The van der Waals surface area contributed by atoms with Crippen LogP contribution in [0.5, 0.6) is 0 Å². The SMILES string of the molecule is CC1(COCCCN)C=CC(C)(COCCCN)CC1. The molecule has 0 spiro atoms. The second-order valence-corrected chi connectivity index (χ2v) is 6.53. The molecule has 0 heterocycles. The maximum atomic E-state index is 5.72. The molecule has 118 valence electrons. The van der Waals surface area contributed by atoms with Gasteiger partial charge >= 0.3 is 0 Å². The average molecular weight is 284 g/mol. The predicted molar refractivity (Wildman–Crippen MR) is 83.6 cm³/mol. The Morgan fingerprint density at radius 1 is 0.850 bits per heavy atom. The molecule has 0 aromatic rings. The van der Waals surface area contributed by atoms with Gasteiger partial charge in [-0.15, -0.1) is 0 Å². The van der Waals surface area contributed by atoms with Crippen LogP contribution in [0.4, 0.5) is 0 Å². The minimum atomic E-state index is 0.158. The van der Waals surface area contributed by atoms with Crippen LogP contribution in [0.1, 0.15) is 39.5 Å². The zero-order chi connectivity index (χ0) is 14.9. The molecule has 0 saturated carbocycles. The van der Waals surface area contributed by atoms with Gasteiger partial charge in [-0.05, 0) is 38.8 Å². The molecule has 2 unspecified atom stereocenters. The summed E-state index contributed by atoms with van der Waals surface area (Å²) in [5.74, 6) is 0. The molecule has 0 bridgehead atoms. The first-order valence-electron chi connectivity index (χ1n) is 7.80. The lowest BCUT2D eigenvalue weighted by atomic mass is 9.71. The first kappa shape index (κ1) is 17.6. The van der Waals surface area contributed by atoms with Crippen LogP contribution in [0.2, 0.25) is 0 Å². The van der Waals surface area contributed by atoms with Crippen molar-refractivity contribution in [3.05, 3.63) is 12.2 Å². The van der Waals surface area contributed by atoms with E-state index in [4.69, 9.17) is 20.9 Å². The van der Waals surface area contributed by atoms with Crippen molar-refractivity contribution < 1.29 is 9.47 Å². The number of nitrogens with two attached hydrogens (primary N) is 2. The van der Waals surface area contributed by atoms with Crippen LogP contribution >= 0.6 is 0 Å². The third kappa shape index (κ3) is 6.35. The molecule has 0 aliphatic heterocycles. The van der Waals surface area contributed by atoms with Gasteiger partial charge in [-0.2, -0.15) is 0 Å². The van der Waals surface area contributed by atoms with E-state index >= 15 is 0 Å². The van der Waals surface area contributed by atoms with Gasteiger partial charge in [0.15, 0.2) is 0 Å². The van der Waals surface area contributed by atoms with E-state index in [0.717, 1.165) is 52.1 Å². The molecule has 4 N–H and O–H groups in total. The predicted octanol–water partition coefficient (Wildman–Crippen LogP) is 2.08. The Kier molecular flexibility index (Phi) is 7.74. The molecule has 0 aromatic heterocycles. The third-order valence-electron chi connectivity index (χ3n) is 4.00. The monoisotopic (exact) mass is 284 g/mol. The highest BCUT2D eigenvalue weighted by Gasteiger charge is 2.33. The summed E-state index contributed by atoms with van der Waals surface area (Å²) in [5.41, 5.74) is 11.3. The summed E-state index contributed by atoms with van der Waals surface area (Å²) >= 11 is 0. The molecule has 0 amide bonds. The maximum Gasteiger partial charge on any atom is 0.0554 e. The fraction of sp³-hybridized carbons (Fsp3) is 0.875. The van der Waals surface area contributed by atoms with Crippen LogP contribution in [-0.2, 0) is 9.47 Å². The van der Waals surface area contributed by atoms with Gasteiger partial charge in [0.1, 0.15) is 0 Å². The van der Waals surface area contributed by atoms with E-state index in [2.05, 4.69) is 26.0 Å². The quantitative estimate of drug-likeness (QED) is 0.476. The number of hydrogen-bond donors (Lipinski definition) is 2. The minimum Gasteiger partial charge on any atom is -0.381 e. The van der Waals surface area contributed by atoms with E-state index in [-0.39, 0.29) is 10.8 Å². The van der Waals surface area contributed by atoms with Gasteiger partial charge in [0.2, 0.25) is 0 Å². The summed E-state index contributed by atoms with van der Waals surface area (Å²) < 4.78 is 11.4. The van der Waals surface area contributed by atoms with Crippen molar-refractivity contribution in [2.24, 2.45) is 22.3 Å². The summed E-state index contributed by atoms with van der Waals surface area (Å²) in [6, 6.07) is 0. The normalized spacial score (nSPS) is 29.8.